The van der Waals surface area contributed by atoms with E-state index in [-0.39, 0.29) is 6.42 Å². The summed E-state index contributed by atoms with van der Waals surface area (Å²) in [5.74, 6) is -3.06. The van der Waals surface area contributed by atoms with Crippen LogP contribution in [-0.2, 0) is 14.3 Å². The van der Waals surface area contributed by atoms with E-state index < -0.39 is 24.1 Å². The fourth-order valence-corrected chi connectivity index (χ4v) is 1.12. The summed E-state index contributed by atoms with van der Waals surface area (Å²) in [7, 11) is 1.04. The predicted octanol–water partition coefficient (Wildman–Crippen LogP) is 0.335. The number of rotatable bonds is 6. The van der Waals surface area contributed by atoms with Crippen molar-refractivity contribution < 1.29 is 27.5 Å². The fourth-order valence-electron chi connectivity index (χ4n) is 1.12. The number of hydrogen-bond donors (Lipinski definition) is 2. The van der Waals surface area contributed by atoms with Gasteiger partial charge in [0.1, 0.15) is 6.04 Å². The summed E-state index contributed by atoms with van der Waals surface area (Å²) >= 11 is 0. The van der Waals surface area contributed by atoms with Gasteiger partial charge in [-0.2, -0.15) is 13.2 Å². The Morgan fingerprint density at radius 3 is 2.35 bits per heavy atom. The minimum atomic E-state index is -5.01. The van der Waals surface area contributed by atoms with Gasteiger partial charge in [-0.3, -0.25) is 4.79 Å². The molecule has 0 heterocycles. The lowest BCUT2D eigenvalue weighted by Crippen LogP contribution is -2.47. The number of carbonyl (C=O) groups is 2. The largest absolute Gasteiger partial charge is 0.471 e. The number of nitrogens with two attached hydrogens (primary N) is 1. The van der Waals surface area contributed by atoms with Gasteiger partial charge in [-0.05, 0) is 25.8 Å². The molecule has 0 aliphatic heterocycles. The summed E-state index contributed by atoms with van der Waals surface area (Å²) < 4.78 is 40.2. The zero-order valence-electron chi connectivity index (χ0n) is 9.34. The highest BCUT2D eigenvalue weighted by atomic mass is 19.4. The summed E-state index contributed by atoms with van der Waals surface area (Å²) in [5, 5.41) is 1.59. The van der Waals surface area contributed by atoms with Gasteiger partial charge in [-0.25, -0.2) is 4.79 Å². The number of carbonyl (C=O) groups excluding carboxylic acids is 2. The highest BCUT2D eigenvalue weighted by Gasteiger charge is 2.40. The molecule has 0 aromatic rings. The number of halogens is 3. The molecule has 0 unspecified atom stereocenters. The van der Waals surface area contributed by atoms with Crippen molar-refractivity contribution in [1.29, 1.82) is 0 Å². The second-order valence-corrected chi connectivity index (χ2v) is 3.33. The highest BCUT2D eigenvalue weighted by molar-refractivity contribution is 5.87. The number of esters is 1. The van der Waals surface area contributed by atoms with Crippen molar-refractivity contribution in [3.63, 3.8) is 0 Å². The van der Waals surface area contributed by atoms with Crippen LogP contribution in [0.25, 0.3) is 0 Å². The molecule has 17 heavy (non-hydrogen) atoms. The summed E-state index contributed by atoms with van der Waals surface area (Å²) in [6.45, 7) is 0.362. The monoisotopic (exact) mass is 256 g/mol. The lowest BCUT2D eigenvalue weighted by Gasteiger charge is -2.17. The Labute approximate surface area is 96.5 Å². The highest BCUT2D eigenvalue weighted by Crippen LogP contribution is 2.15. The van der Waals surface area contributed by atoms with E-state index in [0.717, 1.165) is 7.11 Å². The maximum atomic E-state index is 12.0. The molecule has 0 bridgehead atoms. The van der Waals surface area contributed by atoms with E-state index in [2.05, 4.69) is 4.74 Å². The van der Waals surface area contributed by atoms with Gasteiger partial charge in [0.05, 0.1) is 7.11 Å². The molecule has 100 valence electrons. The van der Waals surface area contributed by atoms with E-state index in [1.54, 1.807) is 5.32 Å². The van der Waals surface area contributed by atoms with Crippen LogP contribution in [0.5, 0.6) is 0 Å². The van der Waals surface area contributed by atoms with Gasteiger partial charge in [0.2, 0.25) is 0 Å². The normalized spacial score (nSPS) is 13.0. The van der Waals surface area contributed by atoms with Crippen molar-refractivity contribution in [2.75, 3.05) is 13.7 Å². The van der Waals surface area contributed by atoms with Gasteiger partial charge in [0.25, 0.3) is 0 Å². The first-order valence-electron chi connectivity index (χ1n) is 4.98. The molecule has 0 aromatic heterocycles. The van der Waals surface area contributed by atoms with Crippen molar-refractivity contribution in [2.24, 2.45) is 5.73 Å². The number of hydrogen-bond acceptors (Lipinski definition) is 4. The van der Waals surface area contributed by atoms with Crippen LogP contribution in [0.3, 0.4) is 0 Å². The van der Waals surface area contributed by atoms with E-state index in [1.807, 2.05) is 0 Å². The van der Waals surface area contributed by atoms with Crippen LogP contribution in [0.2, 0.25) is 0 Å². The van der Waals surface area contributed by atoms with Gasteiger partial charge in [0, 0.05) is 0 Å². The minimum absolute atomic E-state index is 0.0612. The molecule has 0 rings (SSSR count). The van der Waals surface area contributed by atoms with Gasteiger partial charge in [-0.1, -0.05) is 0 Å². The van der Waals surface area contributed by atoms with Crippen molar-refractivity contribution in [3.05, 3.63) is 0 Å². The predicted molar refractivity (Wildman–Crippen MR) is 52.9 cm³/mol. The second kappa shape index (κ2) is 7.10. The average Bonchev–Trinajstić information content (AvgIpc) is 2.25. The molecule has 8 heteroatoms. The molecular weight excluding hydrogens is 241 g/mol. The third-order valence-electron chi connectivity index (χ3n) is 2.00. The minimum Gasteiger partial charge on any atom is -0.467 e. The SMILES string of the molecule is COC(=O)[C@@H](CCCCN)NC(=O)C(F)(F)F. The van der Waals surface area contributed by atoms with Crippen molar-refractivity contribution in [3.8, 4) is 0 Å². The first kappa shape index (κ1) is 15.7. The van der Waals surface area contributed by atoms with Crippen LogP contribution in [0.15, 0.2) is 0 Å². The van der Waals surface area contributed by atoms with E-state index in [1.165, 1.54) is 0 Å². The number of amides is 1. The Bertz CT molecular complexity index is 269. The van der Waals surface area contributed by atoms with Crippen LogP contribution in [0.4, 0.5) is 13.2 Å². The molecule has 3 N–H and O–H groups in total. The molecule has 0 saturated heterocycles. The summed E-state index contributed by atoms with van der Waals surface area (Å²) in [5.41, 5.74) is 5.21. The van der Waals surface area contributed by atoms with Crippen molar-refractivity contribution in [1.82, 2.24) is 5.32 Å². The molecule has 0 aromatic carbocycles. The maximum Gasteiger partial charge on any atom is 0.471 e. The Balaban J connectivity index is 4.39. The standard InChI is InChI=1S/C9H15F3N2O3/c1-17-7(15)6(4-2-3-5-13)14-8(16)9(10,11)12/h6H,2-5,13H2,1H3,(H,14,16)/t6-/m1/s1. The molecular formula is C9H15F3N2O3. The molecule has 0 aliphatic rings. The summed E-state index contributed by atoms with van der Waals surface area (Å²) in [6.07, 6.45) is -3.98. The quantitative estimate of drug-likeness (QED) is 0.530. The Hall–Kier alpha value is -1.31. The Morgan fingerprint density at radius 1 is 1.35 bits per heavy atom. The van der Waals surface area contributed by atoms with E-state index in [0.29, 0.717) is 19.4 Å². The number of unbranched alkanes of at least 4 members (excludes halogenated alkanes) is 1. The van der Waals surface area contributed by atoms with E-state index >= 15 is 0 Å². The van der Waals surface area contributed by atoms with Crippen LogP contribution >= 0.6 is 0 Å². The first-order valence-corrected chi connectivity index (χ1v) is 4.98. The smallest absolute Gasteiger partial charge is 0.467 e. The average molecular weight is 256 g/mol. The third kappa shape index (κ3) is 6.10. The molecule has 0 saturated carbocycles. The Morgan fingerprint density at radius 2 is 1.94 bits per heavy atom. The zero-order valence-corrected chi connectivity index (χ0v) is 9.34. The number of nitrogens with one attached hydrogen (secondary N) is 1. The lowest BCUT2D eigenvalue weighted by molar-refractivity contribution is -0.175. The maximum absolute atomic E-state index is 12.0. The van der Waals surface area contributed by atoms with Crippen molar-refractivity contribution in [2.45, 2.75) is 31.5 Å². The van der Waals surface area contributed by atoms with E-state index in [4.69, 9.17) is 5.73 Å². The third-order valence-corrected chi connectivity index (χ3v) is 2.00. The zero-order chi connectivity index (χ0) is 13.5. The molecule has 1 atom stereocenters. The van der Waals surface area contributed by atoms with E-state index in [9.17, 15) is 22.8 Å². The summed E-state index contributed by atoms with van der Waals surface area (Å²) in [4.78, 5) is 21.8. The fraction of sp³-hybridized carbons (Fsp3) is 0.778. The number of ether oxygens (including phenoxy) is 1. The van der Waals surface area contributed by atoms with Crippen molar-refractivity contribution >= 4 is 11.9 Å². The van der Waals surface area contributed by atoms with Gasteiger partial charge >= 0.3 is 18.1 Å². The molecule has 0 spiro atoms. The number of methoxy groups -OCH3 is 1. The van der Waals surface area contributed by atoms with Gasteiger partial charge in [0.15, 0.2) is 0 Å². The number of alkyl halides is 3. The van der Waals surface area contributed by atoms with Crippen LogP contribution in [0, 0.1) is 0 Å². The lowest BCUT2D eigenvalue weighted by atomic mass is 10.1. The summed E-state index contributed by atoms with van der Waals surface area (Å²) in [6, 6.07) is -1.29. The molecule has 0 aliphatic carbocycles. The van der Waals surface area contributed by atoms with Crippen LogP contribution < -0.4 is 11.1 Å². The molecule has 0 radical (unpaired) electrons. The topological polar surface area (TPSA) is 81.4 Å². The molecule has 1 amide bonds. The first-order chi connectivity index (χ1) is 7.82. The van der Waals surface area contributed by atoms with Gasteiger partial charge < -0.3 is 15.8 Å². The molecule has 5 nitrogen and oxygen atoms in total. The van der Waals surface area contributed by atoms with Crippen LogP contribution in [-0.4, -0.2) is 37.7 Å². The molecule has 0 fully saturated rings. The van der Waals surface area contributed by atoms with Crippen LogP contribution in [0.1, 0.15) is 19.3 Å². The van der Waals surface area contributed by atoms with Gasteiger partial charge in [-0.15, -0.1) is 0 Å². The second-order valence-electron chi connectivity index (χ2n) is 3.33. The Kier molecular flexibility index (Phi) is 6.55.